The number of nitrogens with zero attached hydrogens (tertiary/aromatic N) is 2. The third-order valence-electron chi connectivity index (χ3n) is 4.51. The van der Waals surface area contributed by atoms with E-state index in [4.69, 9.17) is 0 Å². The lowest BCUT2D eigenvalue weighted by Crippen LogP contribution is -2.48. The average Bonchev–Trinajstić information content (AvgIpc) is 2.68. The number of nitrogens with one attached hydrogen (secondary N) is 3. The monoisotopic (exact) mass is 425 g/mol. The Labute approximate surface area is 168 Å². The molecular weight excluding hydrogens is 407 g/mol. The van der Waals surface area contributed by atoms with Crippen LogP contribution in [0.3, 0.4) is 0 Å². The summed E-state index contributed by atoms with van der Waals surface area (Å²) < 4.78 is 41.4. The van der Waals surface area contributed by atoms with Gasteiger partial charge < -0.3 is 26.1 Å². The van der Waals surface area contributed by atoms with Crippen molar-refractivity contribution in [2.75, 3.05) is 32.2 Å². The fourth-order valence-electron chi connectivity index (χ4n) is 2.91. The highest BCUT2D eigenvalue weighted by molar-refractivity contribution is 5.99. The van der Waals surface area contributed by atoms with E-state index in [9.17, 15) is 32.7 Å². The number of likely N-dealkylation sites (N-methyl/N-ethyl adjacent to an activating group) is 1. The number of hydrogen-bond donors (Lipinski definition) is 4. The summed E-state index contributed by atoms with van der Waals surface area (Å²) in [6, 6.07) is 0.916. The second-order valence-electron chi connectivity index (χ2n) is 6.46. The van der Waals surface area contributed by atoms with E-state index in [-0.39, 0.29) is 12.4 Å². The number of amides is 2. The van der Waals surface area contributed by atoms with Crippen LogP contribution in [-0.4, -0.2) is 53.3 Å². The lowest BCUT2D eigenvalue weighted by molar-refractivity contribution is 0.0723. The minimum absolute atomic E-state index is 0.0584. The van der Waals surface area contributed by atoms with E-state index in [0.29, 0.717) is 25.2 Å². The first-order valence-electron chi connectivity index (χ1n) is 8.82. The van der Waals surface area contributed by atoms with Crippen LogP contribution in [0, 0.1) is 17.5 Å². The first-order valence-corrected chi connectivity index (χ1v) is 8.82. The van der Waals surface area contributed by atoms with Crippen LogP contribution in [0.4, 0.5) is 13.2 Å². The molecule has 0 saturated carbocycles. The van der Waals surface area contributed by atoms with Gasteiger partial charge in [0.05, 0.1) is 0 Å². The Morgan fingerprint density at radius 2 is 1.90 bits per heavy atom. The Balaban J connectivity index is 1.85. The molecule has 0 saturated heterocycles. The van der Waals surface area contributed by atoms with E-state index in [2.05, 4.69) is 16.1 Å². The predicted molar refractivity (Wildman–Crippen MR) is 99.0 cm³/mol. The predicted octanol–water partition coefficient (Wildman–Crippen LogP) is 0.0774. The Morgan fingerprint density at radius 1 is 1.23 bits per heavy atom. The van der Waals surface area contributed by atoms with Gasteiger partial charge in [-0.15, -0.1) is 0 Å². The molecular formula is C18H18F3N5O4. The van der Waals surface area contributed by atoms with Crippen LogP contribution < -0.4 is 21.5 Å². The van der Waals surface area contributed by atoms with Crippen LogP contribution in [-0.2, 0) is 6.54 Å². The number of aromatic nitrogens is 1. The van der Waals surface area contributed by atoms with Crippen molar-refractivity contribution >= 4 is 11.8 Å². The van der Waals surface area contributed by atoms with Gasteiger partial charge in [0, 0.05) is 43.5 Å². The summed E-state index contributed by atoms with van der Waals surface area (Å²) >= 11 is 0. The third kappa shape index (κ3) is 3.94. The van der Waals surface area contributed by atoms with Gasteiger partial charge in [-0.3, -0.25) is 19.1 Å². The van der Waals surface area contributed by atoms with Gasteiger partial charge in [-0.05, 0) is 7.05 Å². The molecule has 0 bridgehead atoms. The topological polar surface area (TPSA) is 116 Å². The molecule has 2 heterocycles. The Bertz CT molecular complexity index is 1050. The average molecular weight is 425 g/mol. The van der Waals surface area contributed by atoms with Crippen molar-refractivity contribution in [3.05, 3.63) is 62.8 Å². The summed E-state index contributed by atoms with van der Waals surface area (Å²) in [5.74, 6) is -6.11. The molecule has 160 valence electrons. The molecule has 1 aliphatic heterocycles. The zero-order chi connectivity index (χ0) is 22.0. The normalized spacial score (nSPS) is 13.1. The Morgan fingerprint density at radius 3 is 2.53 bits per heavy atom. The molecule has 2 amide bonds. The highest BCUT2D eigenvalue weighted by Gasteiger charge is 2.30. The molecule has 2 aromatic rings. The van der Waals surface area contributed by atoms with Crippen LogP contribution in [0.15, 0.2) is 23.1 Å². The van der Waals surface area contributed by atoms with Gasteiger partial charge >= 0.3 is 0 Å². The van der Waals surface area contributed by atoms with Crippen molar-refractivity contribution in [2.24, 2.45) is 0 Å². The zero-order valence-electron chi connectivity index (χ0n) is 15.8. The quantitative estimate of drug-likeness (QED) is 0.521. The van der Waals surface area contributed by atoms with Gasteiger partial charge in [-0.25, -0.2) is 13.2 Å². The maximum Gasteiger partial charge on any atom is 0.277 e. The fourth-order valence-corrected chi connectivity index (χ4v) is 2.91. The number of carbonyl (C=O) groups is 2. The van der Waals surface area contributed by atoms with E-state index >= 15 is 0 Å². The number of hydrogen-bond acceptors (Lipinski definition) is 6. The Hall–Kier alpha value is -3.54. The molecule has 1 aromatic carbocycles. The van der Waals surface area contributed by atoms with E-state index in [1.54, 1.807) is 7.05 Å². The van der Waals surface area contributed by atoms with Crippen molar-refractivity contribution < 1.29 is 27.9 Å². The smallest absolute Gasteiger partial charge is 0.277 e. The second kappa shape index (κ2) is 8.45. The lowest BCUT2D eigenvalue weighted by Gasteiger charge is -2.31. The van der Waals surface area contributed by atoms with E-state index in [1.165, 1.54) is 4.90 Å². The van der Waals surface area contributed by atoms with E-state index in [1.807, 2.05) is 0 Å². The largest absolute Gasteiger partial charge is 0.502 e. The minimum atomic E-state index is -1.20. The summed E-state index contributed by atoms with van der Waals surface area (Å²) in [7, 11) is 1.70. The molecule has 9 nitrogen and oxygen atoms in total. The summed E-state index contributed by atoms with van der Waals surface area (Å²) in [5, 5.41) is 15.2. The van der Waals surface area contributed by atoms with Gasteiger partial charge in [-0.2, -0.15) is 0 Å². The zero-order valence-corrected chi connectivity index (χ0v) is 15.8. The standard InChI is InChI=1S/C18H18F3N5O4/c1-22-2-3-25-8-24-26-7-11(15(27)16(28)14(26)18(25)30)17(29)23-6-10-12(20)4-9(19)5-13(10)21/h4-5,7,22,24,28H,2-3,6,8H2,1H3,(H,23,29). The molecule has 1 aliphatic rings. The van der Waals surface area contributed by atoms with Crippen LogP contribution in [0.2, 0.25) is 0 Å². The molecule has 12 heteroatoms. The highest BCUT2D eigenvalue weighted by Crippen LogP contribution is 2.19. The summed E-state index contributed by atoms with van der Waals surface area (Å²) in [5.41, 5.74) is 0.158. The van der Waals surface area contributed by atoms with Crippen molar-refractivity contribution in [1.82, 2.24) is 20.2 Å². The van der Waals surface area contributed by atoms with Gasteiger partial charge in [0.15, 0.2) is 11.4 Å². The van der Waals surface area contributed by atoms with Crippen molar-refractivity contribution in [3.63, 3.8) is 0 Å². The number of benzene rings is 1. The van der Waals surface area contributed by atoms with Crippen LogP contribution in [0.25, 0.3) is 0 Å². The molecule has 1 aromatic heterocycles. The maximum atomic E-state index is 13.7. The summed E-state index contributed by atoms with van der Waals surface area (Å²) in [6.07, 6.45) is 1.01. The molecule has 3 rings (SSSR count). The van der Waals surface area contributed by atoms with Crippen molar-refractivity contribution in [1.29, 1.82) is 0 Å². The van der Waals surface area contributed by atoms with Gasteiger partial charge in [0.2, 0.25) is 5.43 Å². The number of pyridine rings is 1. The Kier molecular flexibility index (Phi) is 5.96. The molecule has 0 spiro atoms. The molecule has 4 N–H and O–H groups in total. The van der Waals surface area contributed by atoms with Gasteiger partial charge in [-0.1, -0.05) is 0 Å². The number of aromatic hydroxyl groups is 1. The minimum Gasteiger partial charge on any atom is -0.502 e. The van der Waals surface area contributed by atoms with E-state index in [0.717, 1.165) is 10.9 Å². The molecule has 30 heavy (non-hydrogen) atoms. The van der Waals surface area contributed by atoms with E-state index < -0.39 is 58.1 Å². The molecule has 0 fully saturated rings. The third-order valence-corrected chi connectivity index (χ3v) is 4.51. The number of halogens is 3. The van der Waals surface area contributed by atoms with Crippen molar-refractivity contribution in [3.8, 4) is 5.75 Å². The fraction of sp³-hybridized carbons (Fsp3) is 0.278. The lowest BCUT2D eigenvalue weighted by atomic mass is 10.1. The molecule has 0 unspecified atom stereocenters. The van der Waals surface area contributed by atoms with Crippen LogP contribution in [0.1, 0.15) is 26.4 Å². The number of fused-ring (bicyclic) bond motifs is 1. The number of rotatable bonds is 6. The SMILES string of the molecule is CNCCN1CNn2cc(C(=O)NCc3c(F)cc(F)cc3F)c(=O)c(O)c2C1=O. The van der Waals surface area contributed by atoms with Gasteiger partial charge in [0.25, 0.3) is 11.8 Å². The first kappa shape index (κ1) is 21.2. The summed E-state index contributed by atoms with van der Waals surface area (Å²) in [6.45, 7) is 0.189. The molecule has 0 aliphatic carbocycles. The van der Waals surface area contributed by atoms with Crippen LogP contribution >= 0.6 is 0 Å². The molecule has 0 atom stereocenters. The highest BCUT2D eigenvalue weighted by atomic mass is 19.1. The van der Waals surface area contributed by atoms with Crippen molar-refractivity contribution in [2.45, 2.75) is 6.54 Å². The summed E-state index contributed by atoms with van der Waals surface area (Å²) in [4.78, 5) is 38.6. The first-order chi connectivity index (χ1) is 14.2. The number of carbonyl (C=O) groups excluding carboxylic acids is 2. The van der Waals surface area contributed by atoms with Crippen LogP contribution in [0.5, 0.6) is 5.75 Å². The van der Waals surface area contributed by atoms with Gasteiger partial charge in [0.1, 0.15) is 29.7 Å². The molecule has 0 radical (unpaired) electrons. The second-order valence-corrected chi connectivity index (χ2v) is 6.46. The maximum absolute atomic E-state index is 13.7.